The van der Waals surface area contributed by atoms with E-state index in [4.69, 9.17) is 4.74 Å². The van der Waals surface area contributed by atoms with Crippen molar-refractivity contribution in [2.75, 3.05) is 37.7 Å². The molecule has 1 amide bonds. The third kappa shape index (κ3) is 6.06. The zero-order valence-corrected chi connectivity index (χ0v) is 18.4. The number of hydrogen-bond acceptors (Lipinski definition) is 5. The highest BCUT2D eigenvalue weighted by Gasteiger charge is 2.32. The first kappa shape index (κ1) is 22.3. The van der Waals surface area contributed by atoms with E-state index in [-0.39, 0.29) is 17.4 Å². The predicted octanol–water partition coefficient (Wildman–Crippen LogP) is 2.78. The van der Waals surface area contributed by atoms with Crippen molar-refractivity contribution in [3.8, 4) is 5.75 Å². The molecule has 0 aromatic heterocycles. The van der Waals surface area contributed by atoms with E-state index in [1.165, 1.54) is 5.56 Å². The molecule has 30 heavy (non-hydrogen) atoms. The van der Waals surface area contributed by atoms with Crippen molar-refractivity contribution >= 4 is 15.7 Å². The maximum absolute atomic E-state index is 13.0. The Morgan fingerprint density at radius 2 is 1.63 bits per heavy atom. The molecular formula is C23H30N2O4S. The van der Waals surface area contributed by atoms with Gasteiger partial charge in [-0.25, -0.2) is 8.42 Å². The summed E-state index contributed by atoms with van der Waals surface area (Å²) >= 11 is 0. The van der Waals surface area contributed by atoms with E-state index in [9.17, 15) is 13.2 Å². The van der Waals surface area contributed by atoms with Gasteiger partial charge in [0.15, 0.2) is 9.84 Å². The van der Waals surface area contributed by atoms with Gasteiger partial charge in [-0.2, -0.15) is 0 Å². The van der Waals surface area contributed by atoms with E-state index in [1.54, 1.807) is 0 Å². The summed E-state index contributed by atoms with van der Waals surface area (Å²) in [5.74, 6) is 1.27. The van der Waals surface area contributed by atoms with Crippen LogP contribution in [-0.2, 0) is 14.6 Å². The monoisotopic (exact) mass is 430 g/mol. The van der Waals surface area contributed by atoms with Crippen molar-refractivity contribution in [2.24, 2.45) is 0 Å². The van der Waals surface area contributed by atoms with Crippen LogP contribution in [0.3, 0.4) is 0 Å². The summed E-state index contributed by atoms with van der Waals surface area (Å²) in [5, 5.41) is 2.94. The molecule has 0 radical (unpaired) electrons. The first-order chi connectivity index (χ1) is 14.4. The van der Waals surface area contributed by atoms with Gasteiger partial charge >= 0.3 is 0 Å². The lowest BCUT2D eigenvalue weighted by Crippen LogP contribution is -2.48. The van der Waals surface area contributed by atoms with Gasteiger partial charge < -0.3 is 10.1 Å². The lowest BCUT2D eigenvalue weighted by Gasteiger charge is -2.33. The van der Waals surface area contributed by atoms with Crippen molar-refractivity contribution in [2.45, 2.75) is 25.8 Å². The number of rotatable bonds is 8. The Labute approximate surface area is 179 Å². The summed E-state index contributed by atoms with van der Waals surface area (Å²) < 4.78 is 29.3. The maximum Gasteiger partial charge on any atom is 0.242 e. The molecular weight excluding hydrogens is 400 g/mol. The molecule has 0 spiro atoms. The minimum absolute atomic E-state index is 0.0824. The summed E-state index contributed by atoms with van der Waals surface area (Å²) in [7, 11) is -3.01. The molecule has 0 aliphatic carbocycles. The predicted molar refractivity (Wildman–Crippen MR) is 118 cm³/mol. The lowest BCUT2D eigenvalue weighted by atomic mass is 10.0. The number of amides is 1. The lowest BCUT2D eigenvalue weighted by molar-refractivity contribution is -0.126. The molecule has 0 bridgehead atoms. The Kier molecular flexibility index (Phi) is 7.50. The highest BCUT2D eigenvalue weighted by molar-refractivity contribution is 7.91. The van der Waals surface area contributed by atoms with Gasteiger partial charge in [-0.05, 0) is 29.2 Å². The van der Waals surface area contributed by atoms with Gasteiger partial charge in [-0.15, -0.1) is 0 Å². The normalized spacial score (nSPS) is 17.4. The Bertz CT molecular complexity index is 913. The number of carbonyl (C=O) groups excluding carboxylic acids is 1. The molecule has 1 aliphatic rings. The van der Waals surface area contributed by atoms with Crippen LogP contribution in [0.5, 0.6) is 5.75 Å². The second-order valence-electron chi connectivity index (χ2n) is 7.86. The van der Waals surface area contributed by atoms with Crippen LogP contribution in [-0.4, -0.2) is 57.0 Å². The second-order valence-corrected chi connectivity index (χ2v) is 10.2. The van der Waals surface area contributed by atoms with Crippen LogP contribution in [0.4, 0.5) is 0 Å². The maximum atomic E-state index is 13.0. The number of benzene rings is 2. The van der Waals surface area contributed by atoms with E-state index in [0.717, 1.165) is 11.3 Å². The first-order valence-corrected chi connectivity index (χ1v) is 12.2. The number of carbonyl (C=O) groups is 1. The molecule has 1 heterocycles. The van der Waals surface area contributed by atoms with E-state index in [0.29, 0.717) is 32.2 Å². The SMILES string of the molecule is CC(C)c1ccc(OCCNC(=O)C(c2ccccc2)N2CCS(=O)(=O)CC2)cc1. The molecule has 6 nitrogen and oxygen atoms in total. The van der Waals surface area contributed by atoms with E-state index < -0.39 is 15.9 Å². The fraction of sp³-hybridized carbons (Fsp3) is 0.435. The topological polar surface area (TPSA) is 75.7 Å². The third-order valence-corrected chi connectivity index (χ3v) is 6.93. The Morgan fingerprint density at radius 3 is 2.23 bits per heavy atom. The number of sulfone groups is 1. The summed E-state index contributed by atoms with van der Waals surface area (Å²) in [5.41, 5.74) is 2.12. The van der Waals surface area contributed by atoms with Gasteiger partial charge in [0.25, 0.3) is 0 Å². The molecule has 7 heteroatoms. The fourth-order valence-corrected chi connectivity index (χ4v) is 4.77. The van der Waals surface area contributed by atoms with Crippen LogP contribution < -0.4 is 10.1 Å². The summed E-state index contributed by atoms with van der Waals surface area (Å²) in [6.07, 6.45) is 0. The molecule has 1 aliphatic heterocycles. The minimum Gasteiger partial charge on any atom is -0.492 e. The molecule has 1 fully saturated rings. The molecule has 2 aromatic rings. The average molecular weight is 431 g/mol. The van der Waals surface area contributed by atoms with Crippen molar-refractivity contribution in [3.63, 3.8) is 0 Å². The van der Waals surface area contributed by atoms with E-state index in [1.807, 2.05) is 47.4 Å². The fourth-order valence-electron chi connectivity index (χ4n) is 3.54. The molecule has 1 unspecified atom stereocenters. The van der Waals surface area contributed by atoms with Crippen LogP contribution in [0.2, 0.25) is 0 Å². The van der Waals surface area contributed by atoms with Gasteiger partial charge in [0.2, 0.25) is 5.91 Å². The van der Waals surface area contributed by atoms with E-state index >= 15 is 0 Å². The second kappa shape index (κ2) is 10.1. The average Bonchev–Trinajstić information content (AvgIpc) is 2.74. The molecule has 3 rings (SSSR count). The number of nitrogens with one attached hydrogen (secondary N) is 1. The zero-order chi connectivity index (χ0) is 21.6. The number of hydrogen-bond donors (Lipinski definition) is 1. The summed E-state index contributed by atoms with van der Waals surface area (Å²) in [6.45, 7) is 5.74. The minimum atomic E-state index is -3.01. The molecule has 1 N–H and O–H groups in total. The largest absolute Gasteiger partial charge is 0.492 e. The van der Waals surface area contributed by atoms with E-state index in [2.05, 4.69) is 31.3 Å². The smallest absolute Gasteiger partial charge is 0.242 e. The number of nitrogens with zero attached hydrogens (tertiary/aromatic N) is 1. The van der Waals surface area contributed by atoms with Crippen LogP contribution in [0.1, 0.15) is 36.9 Å². The van der Waals surface area contributed by atoms with Crippen LogP contribution in [0.15, 0.2) is 54.6 Å². The van der Waals surface area contributed by atoms with Gasteiger partial charge in [0.05, 0.1) is 18.1 Å². The van der Waals surface area contributed by atoms with Crippen molar-refractivity contribution in [1.29, 1.82) is 0 Å². The van der Waals surface area contributed by atoms with Crippen molar-refractivity contribution in [1.82, 2.24) is 10.2 Å². The Hall–Kier alpha value is -2.38. The van der Waals surface area contributed by atoms with Crippen LogP contribution in [0, 0.1) is 0 Å². The molecule has 162 valence electrons. The first-order valence-electron chi connectivity index (χ1n) is 10.4. The highest BCUT2D eigenvalue weighted by Crippen LogP contribution is 2.23. The van der Waals surface area contributed by atoms with Gasteiger partial charge in [-0.1, -0.05) is 56.3 Å². The molecule has 1 atom stereocenters. The Morgan fingerprint density at radius 1 is 1.00 bits per heavy atom. The summed E-state index contributed by atoms with van der Waals surface area (Å²) in [6, 6.07) is 17.0. The molecule has 1 saturated heterocycles. The van der Waals surface area contributed by atoms with Crippen molar-refractivity contribution < 1.29 is 17.9 Å². The van der Waals surface area contributed by atoms with Gasteiger partial charge in [0.1, 0.15) is 18.4 Å². The van der Waals surface area contributed by atoms with Crippen molar-refractivity contribution in [3.05, 3.63) is 65.7 Å². The molecule has 2 aromatic carbocycles. The van der Waals surface area contributed by atoms with Gasteiger partial charge in [-0.3, -0.25) is 9.69 Å². The highest BCUT2D eigenvalue weighted by atomic mass is 32.2. The quantitative estimate of drug-likeness (QED) is 0.652. The standard InChI is InChI=1S/C23H30N2O4S/c1-18(2)19-8-10-21(11-9-19)29-15-12-24-23(26)22(20-6-4-3-5-7-20)25-13-16-30(27,28)17-14-25/h3-11,18,22H,12-17H2,1-2H3,(H,24,26). The third-order valence-electron chi connectivity index (χ3n) is 5.32. The summed E-state index contributed by atoms with van der Waals surface area (Å²) in [4.78, 5) is 14.9. The molecule has 0 saturated carbocycles. The zero-order valence-electron chi connectivity index (χ0n) is 17.6. The van der Waals surface area contributed by atoms with Crippen LogP contribution >= 0.6 is 0 Å². The van der Waals surface area contributed by atoms with Gasteiger partial charge in [0, 0.05) is 13.1 Å². The Balaban J connectivity index is 1.57. The van der Waals surface area contributed by atoms with Crippen LogP contribution in [0.25, 0.3) is 0 Å². The number of ether oxygens (including phenoxy) is 1.